The van der Waals surface area contributed by atoms with Crippen LogP contribution < -0.4 is 0 Å². The largest absolute Gasteiger partial charge is 0.395 e. The summed E-state index contributed by atoms with van der Waals surface area (Å²) in [5.74, 6) is 8.11. The fraction of sp³-hybridized carbons (Fsp3) is 0.294. The summed E-state index contributed by atoms with van der Waals surface area (Å²) in [5.41, 5.74) is 3.84. The average molecular weight is 302 g/mol. The van der Waals surface area contributed by atoms with E-state index in [4.69, 9.17) is 5.11 Å². The molecular formula is C17H18OS2. The Labute approximate surface area is 129 Å². The monoisotopic (exact) mass is 302 g/mol. The average Bonchev–Trinajstić information content (AvgIpc) is 2.89. The molecule has 1 aromatic heterocycles. The van der Waals surface area contributed by atoms with Crippen molar-refractivity contribution in [2.24, 2.45) is 0 Å². The summed E-state index contributed by atoms with van der Waals surface area (Å²) in [5, 5.41) is 10.8. The van der Waals surface area contributed by atoms with Gasteiger partial charge < -0.3 is 5.11 Å². The van der Waals surface area contributed by atoms with Crippen LogP contribution in [-0.4, -0.2) is 11.7 Å². The lowest BCUT2D eigenvalue weighted by molar-refractivity contribution is 0.305. The quantitative estimate of drug-likeness (QED) is 0.834. The maximum absolute atomic E-state index is 8.69. The Kier molecular flexibility index (Phi) is 6.20. The van der Waals surface area contributed by atoms with E-state index in [-0.39, 0.29) is 6.61 Å². The van der Waals surface area contributed by atoms with Crippen molar-refractivity contribution in [3.05, 3.63) is 57.3 Å². The minimum absolute atomic E-state index is 0.135. The zero-order valence-electron chi connectivity index (χ0n) is 11.6. The predicted molar refractivity (Wildman–Crippen MR) is 89.1 cm³/mol. The molecule has 0 radical (unpaired) electrons. The molecule has 0 spiro atoms. The molecule has 0 saturated heterocycles. The molecule has 0 aliphatic heterocycles. The zero-order chi connectivity index (χ0) is 14.2. The normalized spacial score (nSPS) is 10.1. The molecule has 20 heavy (non-hydrogen) atoms. The highest BCUT2D eigenvalue weighted by Crippen LogP contribution is 2.23. The van der Waals surface area contributed by atoms with Gasteiger partial charge in [-0.3, -0.25) is 0 Å². The van der Waals surface area contributed by atoms with Crippen molar-refractivity contribution in [3.63, 3.8) is 0 Å². The molecule has 2 aromatic rings. The second-order valence-corrected chi connectivity index (χ2v) is 6.48. The van der Waals surface area contributed by atoms with Crippen molar-refractivity contribution in [1.82, 2.24) is 0 Å². The molecule has 1 nitrogen and oxygen atoms in total. The van der Waals surface area contributed by atoms with Gasteiger partial charge in [-0.15, -0.1) is 11.3 Å². The molecule has 0 amide bonds. The van der Waals surface area contributed by atoms with Crippen LogP contribution in [0.25, 0.3) is 0 Å². The van der Waals surface area contributed by atoms with Crippen LogP contribution in [0.5, 0.6) is 0 Å². The van der Waals surface area contributed by atoms with Gasteiger partial charge in [0.25, 0.3) is 0 Å². The maximum atomic E-state index is 8.69. The Bertz CT molecular complexity index is 605. The van der Waals surface area contributed by atoms with Gasteiger partial charge in [-0.05, 0) is 24.1 Å². The number of aryl methyl sites for hydroxylation is 1. The van der Waals surface area contributed by atoms with E-state index in [2.05, 4.69) is 54.5 Å². The van der Waals surface area contributed by atoms with Crippen molar-refractivity contribution in [2.75, 3.05) is 6.61 Å². The second-order valence-electron chi connectivity index (χ2n) is 4.50. The van der Waals surface area contributed by atoms with Gasteiger partial charge in [-0.1, -0.05) is 36.1 Å². The Morgan fingerprint density at radius 2 is 2.10 bits per heavy atom. The molecule has 3 heteroatoms. The third kappa shape index (κ3) is 4.72. The van der Waals surface area contributed by atoms with Crippen LogP contribution in [-0.2, 0) is 11.5 Å². The van der Waals surface area contributed by atoms with E-state index in [0.29, 0.717) is 6.42 Å². The van der Waals surface area contributed by atoms with E-state index in [1.165, 1.54) is 16.0 Å². The Morgan fingerprint density at radius 3 is 2.90 bits per heavy atom. The van der Waals surface area contributed by atoms with E-state index in [1.54, 1.807) is 11.3 Å². The highest BCUT2D eigenvalue weighted by Gasteiger charge is 2.01. The Hall–Kier alpha value is -1.21. The van der Waals surface area contributed by atoms with Gasteiger partial charge in [-0.25, -0.2) is 0 Å². The molecule has 0 aliphatic rings. The molecular weight excluding hydrogens is 284 g/mol. The summed E-state index contributed by atoms with van der Waals surface area (Å²) >= 11 is 3.70. The van der Waals surface area contributed by atoms with Gasteiger partial charge in [0.1, 0.15) is 0 Å². The van der Waals surface area contributed by atoms with Crippen LogP contribution in [0.4, 0.5) is 0 Å². The standard InChI is InChI=1S/C17H18OS2/c1-14-6-2-3-8-16(14)12-19-13-17-10-15(11-20-17)7-4-5-9-18/h2-3,6,8,10-11,18H,5,9,12-13H2,1H3. The van der Waals surface area contributed by atoms with E-state index in [1.807, 2.05) is 11.8 Å². The second kappa shape index (κ2) is 8.16. The van der Waals surface area contributed by atoms with E-state index >= 15 is 0 Å². The van der Waals surface area contributed by atoms with Crippen LogP contribution in [0.1, 0.15) is 28.0 Å². The number of aliphatic hydroxyl groups is 1. The first kappa shape index (κ1) is 15.2. The fourth-order valence-electron chi connectivity index (χ4n) is 1.78. The minimum Gasteiger partial charge on any atom is -0.395 e. The first-order chi connectivity index (χ1) is 9.79. The third-order valence-electron chi connectivity index (χ3n) is 2.89. The topological polar surface area (TPSA) is 20.2 Å². The maximum Gasteiger partial charge on any atom is 0.0540 e. The summed E-state index contributed by atoms with van der Waals surface area (Å²) < 4.78 is 0. The number of aliphatic hydroxyl groups excluding tert-OH is 1. The minimum atomic E-state index is 0.135. The molecule has 1 heterocycles. The lowest BCUT2D eigenvalue weighted by Gasteiger charge is -2.04. The SMILES string of the molecule is Cc1ccccc1CSCc1cc(C#CCCO)cs1. The lowest BCUT2D eigenvalue weighted by Crippen LogP contribution is -1.85. The van der Waals surface area contributed by atoms with Crippen molar-refractivity contribution in [2.45, 2.75) is 24.9 Å². The van der Waals surface area contributed by atoms with E-state index < -0.39 is 0 Å². The fourth-order valence-corrected chi connectivity index (χ4v) is 3.83. The molecule has 1 aromatic carbocycles. The molecule has 1 N–H and O–H groups in total. The molecule has 0 saturated carbocycles. The van der Waals surface area contributed by atoms with Crippen molar-refractivity contribution >= 4 is 23.1 Å². The van der Waals surface area contributed by atoms with Gasteiger partial charge in [0.15, 0.2) is 0 Å². The van der Waals surface area contributed by atoms with Gasteiger partial charge >= 0.3 is 0 Å². The Balaban J connectivity index is 1.83. The Morgan fingerprint density at radius 1 is 1.25 bits per heavy atom. The zero-order valence-corrected chi connectivity index (χ0v) is 13.2. The summed E-state index contributed by atoms with van der Waals surface area (Å²) in [7, 11) is 0. The van der Waals surface area contributed by atoms with Gasteiger partial charge in [0, 0.05) is 33.7 Å². The van der Waals surface area contributed by atoms with Crippen LogP contribution in [0, 0.1) is 18.8 Å². The number of rotatable bonds is 5. The van der Waals surface area contributed by atoms with Crippen LogP contribution in [0.15, 0.2) is 35.7 Å². The first-order valence-electron chi connectivity index (χ1n) is 6.59. The number of thioether (sulfide) groups is 1. The van der Waals surface area contributed by atoms with Crippen LogP contribution >= 0.6 is 23.1 Å². The smallest absolute Gasteiger partial charge is 0.0540 e. The van der Waals surface area contributed by atoms with Crippen molar-refractivity contribution in [3.8, 4) is 11.8 Å². The number of thiophene rings is 1. The number of hydrogen-bond acceptors (Lipinski definition) is 3. The third-order valence-corrected chi connectivity index (χ3v) is 5.04. The first-order valence-corrected chi connectivity index (χ1v) is 8.62. The molecule has 0 aliphatic carbocycles. The molecule has 0 atom stereocenters. The molecule has 0 bridgehead atoms. The number of hydrogen-bond donors (Lipinski definition) is 1. The van der Waals surface area contributed by atoms with Crippen LogP contribution in [0.3, 0.4) is 0 Å². The molecule has 2 rings (SSSR count). The van der Waals surface area contributed by atoms with Gasteiger partial charge in [0.05, 0.1) is 6.61 Å². The number of benzene rings is 1. The summed E-state index contributed by atoms with van der Waals surface area (Å²) in [4.78, 5) is 1.36. The van der Waals surface area contributed by atoms with Crippen molar-refractivity contribution < 1.29 is 5.11 Å². The summed E-state index contributed by atoms with van der Waals surface area (Å²) in [6.45, 7) is 2.30. The van der Waals surface area contributed by atoms with Gasteiger partial charge in [-0.2, -0.15) is 11.8 Å². The highest BCUT2D eigenvalue weighted by atomic mass is 32.2. The molecule has 0 unspecified atom stereocenters. The summed E-state index contributed by atoms with van der Waals surface area (Å²) in [6, 6.07) is 10.7. The predicted octanol–water partition coefficient (Wildman–Crippen LogP) is 4.22. The van der Waals surface area contributed by atoms with E-state index in [9.17, 15) is 0 Å². The van der Waals surface area contributed by atoms with Crippen LogP contribution in [0.2, 0.25) is 0 Å². The van der Waals surface area contributed by atoms with Gasteiger partial charge in [0.2, 0.25) is 0 Å². The van der Waals surface area contributed by atoms with E-state index in [0.717, 1.165) is 17.1 Å². The molecule has 0 fully saturated rings. The lowest BCUT2D eigenvalue weighted by atomic mass is 10.1. The van der Waals surface area contributed by atoms with Crippen molar-refractivity contribution in [1.29, 1.82) is 0 Å². The molecule has 104 valence electrons. The summed E-state index contributed by atoms with van der Waals surface area (Å²) in [6.07, 6.45) is 0.549. The highest BCUT2D eigenvalue weighted by molar-refractivity contribution is 7.97.